The largest absolute Gasteiger partial charge is 0.490 e. The Balaban J connectivity index is 1.09. The van der Waals surface area contributed by atoms with Gasteiger partial charge in [-0.15, -0.1) is 0 Å². The van der Waals surface area contributed by atoms with Crippen molar-refractivity contribution in [2.24, 2.45) is 5.92 Å². The third-order valence-corrected chi connectivity index (χ3v) is 7.55. The van der Waals surface area contributed by atoms with E-state index in [0.29, 0.717) is 12.1 Å². The Labute approximate surface area is 187 Å². The molecule has 5 rings (SSSR count). The summed E-state index contributed by atoms with van der Waals surface area (Å²) in [6.45, 7) is 1.23. The summed E-state index contributed by atoms with van der Waals surface area (Å²) in [4.78, 5) is 0. The molecule has 3 heteroatoms. The normalized spacial score (nSPS) is 26.6. The van der Waals surface area contributed by atoms with E-state index in [-0.39, 0.29) is 6.10 Å². The van der Waals surface area contributed by atoms with Gasteiger partial charge in [-0.05, 0) is 93.2 Å². The van der Waals surface area contributed by atoms with E-state index in [1.54, 1.807) is 0 Å². The van der Waals surface area contributed by atoms with E-state index in [0.717, 1.165) is 43.1 Å². The highest BCUT2D eigenvalue weighted by Gasteiger charge is 2.25. The molecule has 1 atom stereocenters. The maximum Gasteiger partial charge on any atom is 0.124 e. The fourth-order valence-electron chi connectivity index (χ4n) is 5.64. The van der Waals surface area contributed by atoms with E-state index in [1.807, 2.05) is 0 Å². The fraction of sp³-hybridized carbons (Fsp3) is 0.571. The first-order valence-electron chi connectivity index (χ1n) is 12.6. The van der Waals surface area contributed by atoms with E-state index in [2.05, 4.69) is 53.8 Å². The highest BCUT2D eigenvalue weighted by Crippen LogP contribution is 2.37. The van der Waals surface area contributed by atoms with Gasteiger partial charge in [-0.25, -0.2) is 0 Å². The molecule has 2 fully saturated rings. The molecule has 1 heterocycles. The monoisotopic (exact) mass is 419 g/mol. The van der Waals surface area contributed by atoms with Crippen LogP contribution in [0.4, 0.5) is 0 Å². The zero-order chi connectivity index (χ0) is 20.9. The van der Waals surface area contributed by atoms with Gasteiger partial charge in [0.2, 0.25) is 0 Å². The van der Waals surface area contributed by atoms with Crippen LogP contribution in [-0.4, -0.2) is 18.7 Å². The lowest BCUT2D eigenvalue weighted by Crippen LogP contribution is -2.39. The maximum atomic E-state index is 6.39. The standard InChI is InChI=1S/C28H37NO2/c1-3-7-21(8-4-1)20-29-24-12-14-25(15-13-24)30-26-16-18-28-23(19-26)11-17-27(31-28)22-9-5-2-6-10-22/h2,5-6,9-10,16,18-19,21,24-25,27,29H,1,3-4,7-8,11-15,17,20H2. The van der Waals surface area contributed by atoms with Crippen molar-refractivity contribution in [1.29, 1.82) is 0 Å². The van der Waals surface area contributed by atoms with Gasteiger partial charge in [-0.2, -0.15) is 0 Å². The second kappa shape index (κ2) is 10.1. The molecule has 1 aliphatic heterocycles. The third kappa shape index (κ3) is 5.44. The summed E-state index contributed by atoms with van der Waals surface area (Å²) in [6.07, 6.45) is 14.6. The van der Waals surface area contributed by atoms with E-state index in [4.69, 9.17) is 9.47 Å². The SMILES string of the molecule is c1ccc(C2CCc3cc(OC4CCC(NCC5CCCCC5)CC4)ccc3O2)cc1. The molecule has 31 heavy (non-hydrogen) atoms. The smallest absolute Gasteiger partial charge is 0.124 e. The topological polar surface area (TPSA) is 30.5 Å². The van der Waals surface area contributed by atoms with Crippen molar-refractivity contribution in [3.8, 4) is 11.5 Å². The van der Waals surface area contributed by atoms with Crippen LogP contribution in [0.3, 0.4) is 0 Å². The molecule has 0 radical (unpaired) electrons. The first kappa shape index (κ1) is 20.9. The van der Waals surface area contributed by atoms with Crippen molar-refractivity contribution in [3.05, 3.63) is 59.7 Å². The molecule has 2 aliphatic carbocycles. The first-order valence-corrected chi connectivity index (χ1v) is 12.6. The summed E-state index contributed by atoms with van der Waals surface area (Å²) in [5, 5.41) is 3.86. The van der Waals surface area contributed by atoms with Crippen molar-refractivity contribution < 1.29 is 9.47 Å². The minimum absolute atomic E-state index is 0.164. The van der Waals surface area contributed by atoms with Crippen LogP contribution < -0.4 is 14.8 Å². The summed E-state index contributed by atoms with van der Waals surface area (Å²) in [7, 11) is 0. The van der Waals surface area contributed by atoms with Crippen LogP contribution in [0, 0.1) is 5.92 Å². The number of hydrogen-bond donors (Lipinski definition) is 1. The molecule has 2 aromatic carbocycles. The molecule has 3 aliphatic rings. The molecule has 0 amide bonds. The lowest BCUT2D eigenvalue weighted by atomic mass is 9.88. The minimum atomic E-state index is 0.164. The van der Waals surface area contributed by atoms with Crippen LogP contribution in [-0.2, 0) is 6.42 Å². The van der Waals surface area contributed by atoms with Gasteiger partial charge in [0, 0.05) is 6.04 Å². The average Bonchev–Trinajstić information content (AvgIpc) is 2.84. The lowest BCUT2D eigenvalue weighted by molar-refractivity contribution is 0.136. The quantitative estimate of drug-likeness (QED) is 0.571. The van der Waals surface area contributed by atoms with Crippen LogP contribution in [0.1, 0.15) is 81.4 Å². The molecule has 0 spiro atoms. The molecule has 1 N–H and O–H groups in total. The van der Waals surface area contributed by atoms with E-state index in [9.17, 15) is 0 Å². The molecule has 0 saturated heterocycles. The van der Waals surface area contributed by atoms with Crippen molar-refractivity contribution >= 4 is 0 Å². The van der Waals surface area contributed by atoms with Gasteiger partial charge in [0.25, 0.3) is 0 Å². The van der Waals surface area contributed by atoms with Crippen LogP contribution in [0.15, 0.2) is 48.5 Å². The molecular weight excluding hydrogens is 382 g/mol. The van der Waals surface area contributed by atoms with Crippen LogP contribution in [0.5, 0.6) is 11.5 Å². The van der Waals surface area contributed by atoms with Gasteiger partial charge >= 0.3 is 0 Å². The van der Waals surface area contributed by atoms with Gasteiger partial charge in [0.1, 0.15) is 17.6 Å². The Morgan fingerprint density at radius 3 is 2.45 bits per heavy atom. The Kier molecular flexibility index (Phi) is 6.79. The van der Waals surface area contributed by atoms with Gasteiger partial charge < -0.3 is 14.8 Å². The van der Waals surface area contributed by atoms with Crippen LogP contribution in [0.2, 0.25) is 0 Å². The number of fused-ring (bicyclic) bond motifs is 1. The van der Waals surface area contributed by atoms with Crippen LogP contribution >= 0.6 is 0 Å². The minimum Gasteiger partial charge on any atom is -0.490 e. The number of benzene rings is 2. The highest BCUT2D eigenvalue weighted by molar-refractivity contribution is 5.42. The van der Waals surface area contributed by atoms with E-state index < -0.39 is 0 Å². The molecule has 0 bridgehead atoms. The lowest BCUT2D eigenvalue weighted by Gasteiger charge is -2.32. The highest BCUT2D eigenvalue weighted by atomic mass is 16.5. The van der Waals surface area contributed by atoms with Crippen LogP contribution in [0.25, 0.3) is 0 Å². The zero-order valence-electron chi connectivity index (χ0n) is 18.7. The molecule has 2 saturated carbocycles. The number of rotatable bonds is 6. The number of aryl methyl sites for hydroxylation is 1. The predicted molar refractivity (Wildman–Crippen MR) is 126 cm³/mol. The third-order valence-electron chi connectivity index (χ3n) is 7.55. The summed E-state index contributed by atoms with van der Waals surface area (Å²) in [5.41, 5.74) is 2.55. The van der Waals surface area contributed by atoms with E-state index >= 15 is 0 Å². The molecule has 166 valence electrons. The molecular formula is C28H37NO2. The van der Waals surface area contributed by atoms with Crippen molar-refractivity contribution in [1.82, 2.24) is 5.32 Å². The maximum absolute atomic E-state index is 6.39. The Hall–Kier alpha value is -2.00. The van der Waals surface area contributed by atoms with Crippen molar-refractivity contribution in [2.45, 2.75) is 88.9 Å². The fourth-order valence-corrected chi connectivity index (χ4v) is 5.64. The number of nitrogens with one attached hydrogen (secondary N) is 1. The Morgan fingerprint density at radius 1 is 0.839 bits per heavy atom. The average molecular weight is 420 g/mol. The number of ether oxygens (including phenoxy) is 2. The van der Waals surface area contributed by atoms with Crippen molar-refractivity contribution in [2.75, 3.05) is 6.54 Å². The molecule has 1 unspecified atom stereocenters. The van der Waals surface area contributed by atoms with Gasteiger partial charge in [-0.3, -0.25) is 0 Å². The summed E-state index contributed by atoms with van der Waals surface area (Å²) in [5.74, 6) is 2.95. The summed E-state index contributed by atoms with van der Waals surface area (Å²) in [6, 6.07) is 17.7. The molecule has 3 nitrogen and oxygen atoms in total. The zero-order valence-corrected chi connectivity index (χ0v) is 18.7. The summed E-state index contributed by atoms with van der Waals surface area (Å²) < 4.78 is 12.7. The Morgan fingerprint density at radius 2 is 1.65 bits per heavy atom. The van der Waals surface area contributed by atoms with Gasteiger partial charge in [-0.1, -0.05) is 49.6 Å². The molecule has 0 aromatic heterocycles. The first-order chi connectivity index (χ1) is 15.3. The van der Waals surface area contributed by atoms with Crippen molar-refractivity contribution in [3.63, 3.8) is 0 Å². The summed E-state index contributed by atoms with van der Waals surface area (Å²) >= 11 is 0. The predicted octanol–water partition coefficient (Wildman–Crippen LogP) is 6.61. The second-order valence-electron chi connectivity index (χ2n) is 9.83. The van der Waals surface area contributed by atoms with Gasteiger partial charge in [0.05, 0.1) is 6.10 Å². The van der Waals surface area contributed by atoms with E-state index in [1.165, 1.54) is 62.6 Å². The Bertz CT molecular complexity index is 822. The second-order valence-corrected chi connectivity index (χ2v) is 9.83. The number of hydrogen-bond acceptors (Lipinski definition) is 3. The van der Waals surface area contributed by atoms with Gasteiger partial charge in [0.15, 0.2) is 0 Å². The molecule has 2 aromatic rings.